The summed E-state index contributed by atoms with van der Waals surface area (Å²) >= 11 is 0. The molecule has 0 bridgehead atoms. The number of pyridine rings is 2. The van der Waals surface area contributed by atoms with Crippen molar-refractivity contribution in [3.8, 4) is 0 Å². The van der Waals surface area contributed by atoms with Crippen LogP contribution in [0.25, 0.3) is 5.70 Å². The Bertz CT molecular complexity index is 1050. The first-order valence-electron chi connectivity index (χ1n) is 11.3. The van der Waals surface area contributed by atoms with Gasteiger partial charge in [0.05, 0.1) is 0 Å². The van der Waals surface area contributed by atoms with E-state index in [0.717, 1.165) is 36.0 Å². The molecule has 2 heterocycles. The third-order valence-corrected chi connectivity index (χ3v) is 5.17. The van der Waals surface area contributed by atoms with Crippen LogP contribution in [0.2, 0.25) is 0 Å². The monoisotopic (exact) mass is 468 g/mol. The van der Waals surface area contributed by atoms with Crippen LogP contribution in [0.5, 0.6) is 0 Å². The number of aryl methyl sites for hydroxylation is 2. The Kier molecular flexibility index (Phi) is 9.94. The van der Waals surface area contributed by atoms with E-state index < -0.39 is 11.6 Å². The molecule has 8 heteroatoms. The van der Waals surface area contributed by atoms with Crippen LogP contribution in [0.4, 0.5) is 26.1 Å². The number of aromatic nitrogens is 2. The van der Waals surface area contributed by atoms with Gasteiger partial charge in [0, 0.05) is 40.4 Å². The Morgan fingerprint density at radius 2 is 1.79 bits per heavy atom. The maximum atomic E-state index is 14.9. The van der Waals surface area contributed by atoms with Gasteiger partial charge in [-0.15, -0.1) is 0 Å². The summed E-state index contributed by atoms with van der Waals surface area (Å²) in [6, 6.07) is 4.45. The van der Waals surface area contributed by atoms with Crippen molar-refractivity contribution in [3.05, 3.63) is 84.3 Å². The lowest BCUT2D eigenvalue weighted by molar-refractivity contribution is 0.580. The molecule has 0 aliphatic heterocycles. The van der Waals surface area contributed by atoms with Crippen LogP contribution in [0.1, 0.15) is 44.1 Å². The van der Waals surface area contributed by atoms with Gasteiger partial charge in [0.25, 0.3) is 0 Å². The minimum Gasteiger partial charge on any atom is -0.399 e. The smallest absolute Gasteiger partial charge is 0.166 e. The number of nitrogens with one attached hydrogen (secondary N) is 2. The molecule has 0 radical (unpaired) electrons. The van der Waals surface area contributed by atoms with Crippen molar-refractivity contribution in [2.45, 2.75) is 52.1 Å². The zero-order valence-corrected chi connectivity index (χ0v) is 20.0. The molecule has 2 aromatic rings. The third kappa shape index (κ3) is 7.52. The lowest BCUT2D eigenvalue weighted by Gasteiger charge is -2.23. The second-order valence-corrected chi connectivity index (χ2v) is 7.94. The molecular formula is C26H34F2N6. The quantitative estimate of drug-likeness (QED) is 0.306. The number of hydrogen-bond donors (Lipinski definition) is 4. The molecule has 1 unspecified atom stereocenters. The predicted molar refractivity (Wildman–Crippen MR) is 138 cm³/mol. The maximum absolute atomic E-state index is 14.9. The van der Waals surface area contributed by atoms with Gasteiger partial charge < -0.3 is 22.1 Å². The van der Waals surface area contributed by atoms with Gasteiger partial charge in [-0.2, -0.15) is 0 Å². The largest absolute Gasteiger partial charge is 0.399 e. The van der Waals surface area contributed by atoms with Crippen LogP contribution in [-0.2, 0) is 12.8 Å². The number of nitrogens with two attached hydrogens (primary N) is 2. The summed E-state index contributed by atoms with van der Waals surface area (Å²) in [6.07, 6.45) is 7.69. The van der Waals surface area contributed by atoms with Gasteiger partial charge in [-0.1, -0.05) is 39.2 Å². The summed E-state index contributed by atoms with van der Waals surface area (Å²) in [7, 11) is 0. The highest BCUT2D eigenvalue weighted by atomic mass is 19.1. The number of hydrogen-bond acceptors (Lipinski definition) is 6. The van der Waals surface area contributed by atoms with Crippen LogP contribution in [0.3, 0.4) is 0 Å². The molecule has 0 fully saturated rings. The summed E-state index contributed by atoms with van der Waals surface area (Å²) in [5, 5.41) is 6.31. The molecule has 0 aliphatic rings. The molecule has 0 amide bonds. The Morgan fingerprint density at radius 1 is 1.15 bits per heavy atom. The van der Waals surface area contributed by atoms with Gasteiger partial charge in [0.1, 0.15) is 11.6 Å². The number of rotatable bonds is 12. The molecule has 2 aromatic heterocycles. The SMILES string of the molecule is C=C/C(F)=C\C=C/CC(Nc1nc(Nc2cc(CC)nc(CC)c2)c(C(=C)N)cc1F)[C@H](C)N. The number of halogens is 2. The van der Waals surface area contributed by atoms with Gasteiger partial charge in [-0.3, -0.25) is 4.98 Å². The Hall–Kier alpha value is -3.52. The topological polar surface area (TPSA) is 102 Å². The maximum Gasteiger partial charge on any atom is 0.166 e. The minimum atomic E-state index is -0.586. The van der Waals surface area contributed by atoms with Crippen molar-refractivity contribution >= 4 is 23.0 Å². The van der Waals surface area contributed by atoms with E-state index in [1.165, 1.54) is 12.1 Å². The molecule has 0 aliphatic carbocycles. The van der Waals surface area contributed by atoms with E-state index in [1.807, 2.05) is 26.0 Å². The van der Waals surface area contributed by atoms with Gasteiger partial charge in [-0.25, -0.2) is 13.8 Å². The van der Waals surface area contributed by atoms with Gasteiger partial charge in [-0.05, 0) is 56.5 Å². The standard InChI is InChI=1S/C26H34F2N6/c1-6-18(27)11-9-10-12-24(17(5)30)33-26-23(28)15-22(16(4)29)25(34-26)32-21-13-19(7-2)31-20(8-3)14-21/h6,9-11,13-15,17,24H,1,4,7-8,12,29-30H2,2-3,5H3,(H2,31,32,33,34)/b10-9-,18-11+/t17-,24?/m0/s1. The predicted octanol–water partition coefficient (Wildman–Crippen LogP) is 5.53. The van der Waals surface area contributed by atoms with Crippen molar-refractivity contribution in [3.63, 3.8) is 0 Å². The van der Waals surface area contributed by atoms with E-state index in [9.17, 15) is 8.78 Å². The molecule has 6 N–H and O–H groups in total. The van der Waals surface area contributed by atoms with Crippen molar-refractivity contribution in [2.24, 2.45) is 11.5 Å². The van der Waals surface area contributed by atoms with E-state index in [-0.39, 0.29) is 23.6 Å². The summed E-state index contributed by atoms with van der Waals surface area (Å²) in [5.41, 5.74) is 15.2. The second-order valence-electron chi connectivity index (χ2n) is 7.94. The molecule has 0 saturated carbocycles. The number of nitrogens with zero attached hydrogens (tertiary/aromatic N) is 2. The highest BCUT2D eigenvalue weighted by Gasteiger charge is 2.19. The first-order valence-corrected chi connectivity index (χ1v) is 11.3. The molecule has 0 aromatic carbocycles. The zero-order valence-electron chi connectivity index (χ0n) is 20.0. The Balaban J connectivity index is 2.38. The van der Waals surface area contributed by atoms with E-state index in [0.29, 0.717) is 17.8 Å². The molecule has 0 saturated heterocycles. The number of allylic oxidation sites excluding steroid dienone is 4. The summed E-state index contributed by atoms with van der Waals surface area (Å²) in [5.74, 6) is -0.646. The summed E-state index contributed by atoms with van der Waals surface area (Å²) < 4.78 is 28.1. The van der Waals surface area contributed by atoms with E-state index in [2.05, 4.69) is 33.8 Å². The fourth-order valence-corrected chi connectivity index (χ4v) is 3.18. The van der Waals surface area contributed by atoms with Crippen LogP contribution in [-0.4, -0.2) is 22.1 Å². The van der Waals surface area contributed by atoms with Crippen molar-refractivity contribution < 1.29 is 8.78 Å². The second kappa shape index (κ2) is 12.6. The van der Waals surface area contributed by atoms with Crippen molar-refractivity contribution in [2.75, 3.05) is 10.6 Å². The highest BCUT2D eigenvalue weighted by molar-refractivity contribution is 5.76. The summed E-state index contributed by atoms with van der Waals surface area (Å²) in [6.45, 7) is 13.0. The highest BCUT2D eigenvalue weighted by Crippen LogP contribution is 2.28. The average molecular weight is 469 g/mol. The fraction of sp³-hybridized carbons (Fsp3) is 0.308. The molecule has 0 spiro atoms. The first kappa shape index (κ1) is 26.7. The lowest BCUT2D eigenvalue weighted by Crippen LogP contribution is -2.38. The van der Waals surface area contributed by atoms with E-state index in [4.69, 9.17) is 11.5 Å². The minimum absolute atomic E-state index is 0.0245. The van der Waals surface area contributed by atoms with Crippen molar-refractivity contribution in [1.29, 1.82) is 0 Å². The lowest BCUT2D eigenvalue weighted by atomic mass is 10.1. The van der Waals surface area contributed by atoms with Crippen LogP contribution < -0.4 is 22.1 Å². The van der Waals surface area contributed by atoms with Crippen LogP contribution in [0.15, 0.2) is 61.5 Å². The fourth-order valence-electron chi connectivity index (χ4n) is 3.18. The molecule has 2 rings (SSSR count). The van der Waals surface area contributed by atoms with E-state index >= 15 is 0 Å². The summed E-state index contributed by atoms with van der Waals surface area (Å²) in [4.78, 5) is 9.05. The molecule has 2 atom stereocenters. The third-order valence-electron chi connectivity index (χ3n) is 5.17. The normalized spacial score (nSPS) is 13.5. The van der Waals surface area contributed by atoms with Gasteiger partial charge >= 0.3 is 0 Å². The Morgan fingerprint density at radius 3 is 2.32 bits per heavy atom. The molecular weight excluding hydrogens is 434 g/mol. The van der Waals surface area contributed by atoms with Crippen molar-refractivity contribution in [1.82, 2.24) is 9.97 Å². The first-order chi connectivity index (χ1) is 16.2. The Labute approximate surface area is 200 Å². The van der Waals surface area contributed by atoms with Gasteiger partial charge in [0.15, 0.2) is 11.6 Å². The number of anilines is 3. The van der Waals surface area contributed by atoms with Crippen LogP contribution in [0, 0.1) is 5.82 Å². The molecule has 6 nitrogen and oxygen atoms in total. The molecule has 182 valence electrons. The van der Waals surface area contributed by atoms with E-state index in [1.54, 1.807) is 19.1 Å². The van der Waals surface area contributed by atoms with Gasteiger partial charge in [0.2, 0.25) is 0 Å². The average Bonchev–Trinajstić information content (AvgIpc) is 2.81. The molecule has 34 heavy (non-hydrogen) atoms. The zero-order chi connectivity index (χ0) is 25.3. The van der Waals surface area contributed by atoms with Crippen LogP contribution >= 0.6 is 0 Å².